The second kappa shape index (κ2) is 5.38. The second-order valence-electron chi connectivity index (χ2n) is 5.19. The minimum absolute atomic E-state index is 0.112. The summed E-state index contributed by atoms with van der Waals surface area (Å²) in [5.41, 5.74) is 1.07. The predicted octanol–water partition coefficient (Wildman–Crippen LogP) is 3.82. The van der Waals surface area contributed by atoms with Crippen molar-refractivity contribution in [2.45, 2.75) is 31.4 Å². The monoisotopic (exact) mass is 285 g/mol. The SMILES string of the molecule is Clc1ccc(C2OCCC2CNC2CC2)c(Cl)c1. The van der Waals surface area contributed by atoms with Gasteiger partial charge in [0.1, 0.15) is 0 Å². The molecule has 18 heavy (non-hydrogen) atoms. The Bertz CT molecular complexity index is 434. The van der Waals surface area contributed by atoms with E-state index in [9.17, 15) is 0 Å². The van der Waals surface area contributed by atoms with Crippen LogP contribution in [0.4, 0.5) is 0 Å². The molecule has 1 aliphatic carbocycles. The molecule has 0 amide bonds. The highest BCUT2D eigenvalue weighted by Crippen LogP contribution is 2.38. The van der Waals surface area contributed by atoms with Crippen LogP contribution in [0.15, 0.2) is 18.2 Å². The summed E-state index contributed by atoms with van der Waals surface area (Å²) in [5, 5.41) is 4.97. The average molecular weight is 286 g/mol. The summed E-state index contributed by atoms with van der Waals surface area (Å²) < 4.78 is 5.86. The van der Waals surface area contributed by atoms with Gasteiger partial charge in [-0.05, 0) is 37.0 Å². The van der Waals surface area contributed by atoms with E-state index in [-0.39, 0.29) is 6.10 Å². The summed E-state index contributed by atoms with van der Waals surface area (Å²) in [4.78, 5) is 0. The van der Waals surface area contributed by atoms with Crippen LogP contribution < -0.4 is 5.32 Å². The first-order valence-corrected chi connectivity index (χ1v) is 7.29. The third kappa shape index (κ3) is 2.83. The van der Waals surface area contributed by atoms with Crippen LogP contribution >= 0.6 is 23.2 Å². The zero-order valence-electron chi connectivity index (χ0n) is 10.2. The van der Waals surface area contributed by atoms with Gasteiger partial charge < -0.3 is 10.1 Å². The first-order valence-electron chi connectivity index (χ1n) is 6.54. The summed E-state index contributed by atoms with van der Waals surface area (Å²) in [6.07, 6.45) is 3.85. The molecular formula is C14H17Cl2NO. The Morgan fingerprint density at radius 3 is 2.78 bits per heavy atom. The highest BCUT2D eigenvalue weighted by molar-refractivity contribution is 6.35. The molecule has 1 aliphatic heterocycles. The Balaban J connectivity index is 1.72. The summed E-state index contributed by atoms with van der Waals surface area (Å²) in [7, 11) is 0. The third-order valence-corrected chi connectivity index (χ3v) is 4.29. The van der Waals surface area contributed by atoms with Gasteiger partial charge in [0.2, 0.25) is 0 Å². The fraction of sp³-hybridized carbons (Fsp3) is 0.571. The molecule has 1 saturated carbocycles. The fourth-order valence-electron chi connectivity index (χ4n) is 2.52. The van der Waals surface area contributed by atoms with E-state index in [1.165, 1.54) is 12.8 Å². The molecular weight excluding hydrogens is 269 g/mol. The maximum absolute atomic E-state index is 6.27. The Morgan fingerprint density at radius 2 is 2.06 bits per heavy atom. The molecule has 98 valence electrons. The molecule has 0 spiro atoms. The van der Waals surface area contributed by atoms with Crippen molar-refractivity contribution >= 4 is 23.2 Å². The van der Waals surface area contributed by atoms with Gasteiger partial charge in [0.05, 0.1) is 6.10 Å². The Labute approximate surface area is 118 Å². The lowest BCUT2D eigenvalue weighted by Crippen LogP contribution is -2.26. The van der Waals surface area contributed by atoms with Crippen molar-refractivity contribution in [3.05, 3.63) is 33.8 Å². The van der Waals surface area contributed by atoms with Gasteiger partial charge in [0, 0.05) is 35.2 Å². The van der Waals surface area contributed by atoms with Crippen molar-refractivity contribution in [3.8, 4) is 0 Å². The van der Waals surface area contributed by atoms with Crippen molar-refractivity contribution in [2.75, 3.05) is 13.2 Å². The van der Waals surface area contributed by atoms with Crippen LogP contribution in [0.25, 0.3) is 0 Å². The van der Waals surface area contributed by atoms with Crippen LogP contribution in [0.3, 0.4) is 0 Å². The summed E-state index contributed by atoms with van der Waals surface area (Å²) in [6, 6.07) is 6.42. The largest absolute Gasteiger partial charge is 0.373 e. The first kappa shape index (κ1) is 12.7. The normalized spacial score (nSPS) is 27.7. The zero-order valence-corrected chi connectivity index (χ0v) is 11.7. The number of benzene rings is 1. The smallest absolute Gasteiger partial charge is 0.0880 e. The highest BCUT2D eigenvalue weighted by atomic mass is 35.5. The van der Waals surface area contributed by atoms with Crippen molar-refractivity contribution < 1.29 is 4.74 Å². The first-order chi connectivity index (χ1) is 8.74. The van der Waals surface area contributed by atoms with Gasteiger partial charge >= 0.3 is 0 Å². The molecule has 1 saturated heterocycles. The molecule has 2 fully saturated rings. The molecule has 2 nitrogen and oxygen atoms in total. The van der Waals surface area contributed by atoms with Crippen LogP contribution in [-0.4, -0.2) is 19.2 Å². The minimum Gasteiger partial charge on any atom is -0.373 e. The van der Waals surface area contributed by atoms with Crippen LogP contribution in [0.2, 0.25) is 10.0 Å². The molecule has 0 radical (unpaired) electrons. The van der Waals surface area contributed by atoms with E-state index in [0.29, 0.717) is 16.0 Å². The molecule has 1 N–H and O–H groups in total. The molecule has 1 heterocycles. The van der Waals surface area contributed by atoms with Gasteiger partial charge in [-0.3, -0.25) is 0 Å². The van der Waals surface area contributed by atoms with Gasteiger partial charge in [-0.1, -0.05) is 29.3 Å². The lowest BCUT2D eigenvalue weighted by molar-refractivity contribution is 0.0905. The van der Waals surface area contributed by atoms with Gasteiger partial charge in [-0.15, -0.1) is 0 Å². The minimum atomic E-state index is 0.112. The van der Waals surface area contributed by atoms with Crippen LogP contribution in [0.1, 0.15) is 30.9 Å². The average Bonchev–Trinajstić information content (AvgIpc) is 3.06. The van der Waals surface area contributed by atoms with Crippen molar-refractivity contribution in [1.29, 1.82) is 0 Å². The van der Waals surface area contributed by atoms with Crippen LogP contribution in [-0.2, 0) is 4.74 Å². The number of rotatable bonds is 4. The van der Waals surface area contributed by atoms with E-state index in [1.54, 1.807) is 6.07 Å². The lowest BCUT2D eigenvalue weighted by atomic mass is 9.95. The number of hydrogen-bond acceptors (Lipinski definition) is 2. The maximum atomic E-state index is 6.27. The quantitative estimate of drug-likeness (QED) is 0.908. The molecule has 1 aromatic carbocycles. The lowest BCUT2D eigenvalue weighted by Gasteiger charge is -2.20. The molecule has 0 aromatic heterocycles. The van der Waals surface area contributed by atoms with Crippen LogP contribution in [0.5, 0.6) is 0 Å². The topological polar surface area (TPSA) is 21.3 Å². The van der Waals surface area contributed by atoms with Crippen LogP contribution in [0, 0.1) is 5.92 Å². The Kier molecular flexibility index (Phi) is 3.81. The summed E-state index contributed by atoms with van der Waals surface area (Å²) in [6.45, 7) is 1.84. The molecule has 2 atom stereocenters. The van der Waals surface area contributed by atoms with Crippen molar-refractivity contribution in [3.63, 3.8) is 0 Å². The van der Waals surface area contributed by atoms with E-state index in [2.05, 4.69) is 5.32 Å². The molecule has 4 heteroatoms. The van der Waals surface area contributed by atoms with E-state index < -0.39 is 0 Å². The molecule has 2 unspecified atom stereocenters. The maximum Gasteiger partial charge on any atom is 0.0880 e. The number of halogens is 2. The van der Waals surface area contributed by atoms with Crippen molar-refractivity contribution in [1.82, 2.24) is 5.32 Å². The Hall–Kier alpha value is -0.280. The molecule has 2 aliphatic rings. The fourth-order valence-corrected chi connectivity index (χ4v) is 3.04. The number of nitrogens with one attached hydrogen (secondary N) is 1. The molecule has 0 bridgehead atoms. The predicted molar refractivity (Wildman–Crippen MR) is 74.3 cm³/mol. The molecule has 3 rings (SSSR count). The van der Waals surface area contributed by atoms with E-state index in [0.717, 1.165) is 31.2 Å². The molecule has 1 aromatic rings. The van der Waals surface area contributed by atoms with Gasteiger partial charge in [-0.25, -0.2) is 0 Å². The Morgan fingerprint density at radius 1 is 1.22 bits per heavy atom. The van der Waals surface area contributed by atoms with E-state index in [1.807, 2.05) is 12.1 Å². The van der Waals surface area contributed by atoms with E-state index in [4.69, 9.17) is 27.9 Å². The second-order valence-corrected chi connectivity index (χ2v) is 6.03. The third-order valence-electron chi connectivity index (χ3n) is 3.73. The summed E-state index contributed by atoms with van der Waals surface area (Å²) >= 11 is 12.2. The van der Waals surface area contributed by atoms with Gasteiger partial charge in [-0.2, -0.15) is 0 Å². The standard InChI is InChI=1S/C14H17Cl2NO/c15-10-1-4-12(13(16)7-10)14-9(5-6-18-14)8-17-11-2-3-11/h1,4,7,9,11,14,17H,2-3,5-6,8H2. The number of hydrogen-bond donors (Lipinski definition) is 1. The summed E-state index contributed by atoms with van der Waals surface area (Å²) in [5.74, 6) is 0.518. The highest BCUT2D eigenvalue weighted by Gasteiger charge is 2.32. The van der Waals surface area contributed by atoms with E-state index >= 15 is 0 Å². The zero-order chi connectivity index (χ0) is 12.5. The van der Waals surface area contributed by atoms with Gasteiger partial charge in [0.15, 0.2) is 0 Å². The van der Waals surface area contributed by atoms with Gasteiger partial charge in [0.25, 0.3) is 0 Å². The number of ether oxygens (including phenoxy) is 1. The van der Waals surface area contributed by atoms with Crippen molar-refractivity contribution in [2.24, 2.45) is 5.92 Å².